The summed E-state index contributed by atoms with van der Waals surface area (Å²) in [4.78, 5) is 0. The van der Waals surface area contributed by atoms with Gasteiger partial charge in [0.25, 0.3) is 0 Å². The Labute approximate surface area is 119 Å². The van der Waals surface area contributed by atoms with Gasteiger partial charge in [0.15, 0.2) is 0 Å². The Morgan fingerprint density at radius 2 is 1.53 bits per heavy atom. The molecule has 0 fully saturated rings. The van der Waals surface area contributed by atoms with Crippen molar-refractivity contribution in [2.75, 3.05) is 6.61 Å². The van der Waals surface area contributed by atoms with Gasteiger partial charge in [-0.3, -0.25) is 0 Å². The van der Waals surface area contributed by atoms with E-state index in [0.717, 1.165) is 18.8 Å². The maximum atomic E-state index is 5.71. The summed E-state index contributed by atoms with van der Waals surface area (Å²) in [6.45, 7) is 9.96. The van der Waals surface area contributed by atoms with Crippen LogP contribution in [0.1, 0.15) is 71.8 Å². The molecule has 1 aromatic rings. The first kappa shape index (κ1) is 16.1. The molecule has 0 amide bonds. The molecule has 0 heterocycles. The fraction of sp³-hybridized carbons (Fsp3) is 0.667. The van der Waals surface area contributed by atoms with E-state index in [4.69, 9.17) is 4.74 Å². The van der Waals surface area contributed by atoms with E-state index in [9.17, 15) is 0 Å². The Morgan fingerprint density at radius 3 is 2.11 bits per heavy atom. The second-order valence-corrected chi connectivity index (χ2v) is 6.07. The number of benzene rings is 1. The second-order valence-electron chi connectivity index (χ2n) is 6.07. The lowest BCUT2D eigenvalue weighted by Crippen LogP contribution is -2.16. The molecule has 1 nitrogen and oxygen atoms in total. The molecule has 0 saturated carbocycles. The molecular weight excluding hydrogens is 232 g/mol. The number of hydrogen-bond donors (Lipinski definition) is 0. The van der Waals surface area contributed by atoms with Crippen molar-refractivity contribution in [3.8, 4) is 5.75 Å². The van der Waals surface area contributed by atoms with E-state index in [1.54, 1.807) is 0 Å². The molecule has 1 rings (SSSR count). The van der Waals surface area contributed by atoms with Crippen LogP contribution in [-0.4, -0.2) is 6.61 Å². The fourth-order valence-electron chi connectivity index (χ4n) is 2.30. The molecule has 0 aliphatic rings. The molecule has 0 N–H and O–H groups in total. The first-order valence-electron chi connectivity index (χ1n) is 7.83. The summed E-state index contributed by atoms with van der Waals surface area (Å²) in [6, 6.07) is 8.69. The van der Waals surface area contributed by atoms with Crippen LogP contribution in [0.4, 0.5) is 0 Å². The van der Waals surface area contributed by atoms with Crippen molar-refractivity contribution < 1.29 is 4.74 Å². The summed E-state index contributed by atoms with van der Waals surface area (Å²) in [6.07, 6.45) is 7.52. The highest BCUT2D eigenvalue weighted by Crippen LogP contribution is 2.30. The maximum Gasteiger partial charge on any atom is 0.119 e. The van der Waals surface area contributed by atoms with Crippen molar-refractivity contribution in [3.63, 3.8) is 0 Å². The lowest BCUT2D eigenvalue weighted by molar-refractivity contribution is 0.309. The van der Waals surface area contributed by atoms with Crippen molar-refractivity contribution in [2.24, 2.45) is 0 Å². The van der Waals surface area contributed by atoms with Gasteiger partial charge in [-0.1, -0.05) is 65.5 Å². The normalized spacial score (nSPS) is 11.6. The molecule has 0 bridgehead atoms. The van der Waals surface area contributed by atoms with Gasteiger partial charge in [0.2, 0.25) is 0 Å². The van der Waals surface area contributed by atoms with Crippen LogP contribution in [0, 0.1) is 0 Å². The van der Waals surface area contributed by atoms with Gasteiger partial charge in [0, 0.05) is 0 Å². The van der Waals surface area contributed by atoms with Gasteiger partial charge in [-0.2, -0.15) is 0 Å². The van der Waals surface area contributed by atoms with Crippen molar-refractivity contribution in [3.05, 3.63) is 29.8 Å². The summed E-state index contributed by atoms with van der Waals surface area (Å²) in [7, 11) is 0. The van der Waals surface area contributed by atoms with Crippen LogP contribution in [0.3, 0.4) is 0 Å². The zero-order valence-electron chi connectivity index (χ0n) is 13.2. The van der Waals surface area contributed by atoms with Crippen molar-refractivity contribution in [1.82, 2.24) is 0 Å². The molecule has 108 valence electrons. The molecule has 0 spiro atoms. The van der Waals surface area contributed by atoms with Crippen LogP contribution in [0.15, 0.2) is 24.3 Å². The number of ether oxygens (including phenoxy) is 1. The van der Waals surface area contributed by atoms with E-state index in [-0.39, 0.29) is 5.41 Å². The lowest BCUT2D eigenvalue weighted by Gasteiger charge is -2.25. The minimum absolute atomic E-state index is 0.275. The average Bonchev–Trinajstić information content (AvgIpc) is 2.40. The van der Waals surface area contributed by atoms with Gasteiger partial charge in [0.1, 0.15) is 5.75 Å². The van der Waals surface area contributed by atoms with Gasteiger partial charge in [0.05, 0.1) is 6.61 Å². The molecule has 0 atom stereocenters. The van der Waals surface area contributed by atoms with E-state index in [1.807, 2.05) is 0 Å². The van der Waals surface area contributed by atoms with Crippen LogP contribution >= 0.6 is 0 Å². The first-order valence-corrected chi connectivity index (χ1v) is 7.83. The summed E-state index contributed by atoms with van der Waals surface area (Å²) in [5.74, 6) is 1.00. The van der Waals surface area contributed by atoms with Crippen LogP contribution in [0.5, 0.6) is 5.75 Å². The Kier molecular flexibility index (Phi) is 6.97. The maximum absolute atomic E-state index is 5.71. The van der Waals surface area contributed by atoms with Crippen molar-refractivity contribution in [1.29, 1.82) is 0 Å². The predicted molar refractivity (Wildman–Crippen MR) is 84.0 cm³/mol. The van der Waals surface area contributed by atoms with Gasteiger partial charge < -0.3 is 4.74 Å². The largest absolute Gasteiger partial charge is 0.494 e. The van der Waals surface area contributed by atoms with E-state index < -0.39 is 0 Å². The van der Waals surface area contributed by atoms with E-state index in [2.05, 4.69) is 52.0 Å². The van der Waals surface area contributed by atoms with Crippen LogP contribution < -0.4 is 4.74 Å². The molecule has 1 aromatic carbocycles. The monoisotopic (exact) mass is 262 g/mol. The van der Waals surface area contributed by atoms with Gasteiger partial charge in [-0.15, -0.1) is 0 Å². The van der Waals surface area contributed by atoms with E-state index >= 15 is 0 Å². The quantitative estimate of drug-likeness (QED) is 0.517. The molecule has 1 heteroatoms. The SMILES string of the molecule is CCCCCC(C)(C)c1ccc(OCCCC)cc1. The van der Waals surface area contributed by atoms with E-state index in [1.165, 1.54) is 37.7 Å². The highest BCUT2D eigenvalue weighted by atomic mass is 16.5. The minimum atomic E-state index is 0.275. The third-order valence-electron chi connectivity index (χ3n) is 3.81. The molecule has 0 aromatic heterocycles. The molecule has 0 saturated heterocycles. The Balaban J connectivity index is 2.53. The van der Waals surface area contributed by atoms with Gasteiger partial charge in [-0.05, 0) is 36.0 Å². The summed E-state index contributed by atoms with van der Waals surface area (Å²) in [5, 5.41) is 0. The molecule has 19 heavy (non-hydrogen) atoms. The first-order chi connectivity index (χ1) is 9.10. The Hall–Kier alpha value is -0.980. The third kappa shape index (κ3) is 5.67. The summed E-state index contributed by atoms with van der Waals surface area (Å²) >= 11 is 0. The highest BCUT2D eigenvalue weighted by Gasteiger charge is 2.19. The smallest absolute Gasteiger partial charge is 0.119 e. The molecule has 0 aliphatic carbocycles. The van der Waals surface area contributed by atoms with Crippen LogP contribution in [-0.2, 0) is 5.41 Å². The molecule has 0 radical (unpaired) electrons. The lowest BCUT2D eigenvalue weighted by atomic mass is 9.80. The second kappa shape index (κ2) is 8.24. The van der Waals surface area contributed by atoms with Crippen LogP contribution in [0.2, 0.25) is 0 Å². The third-order valence-corrected chi connectivity index (χ3v) is 3.81. The zero-order chi connectivity index (χ0) is 14.1. The van der Waals surface area contributed by atoms with Crippen molar-refractivity contribution in [2.45, 2.75) is 71.6 Å². The zero-order valence-corrected chi connectivity index (χ0v) is 13.2. The molecule has 0 aliphatic heterocycles. The van der Waals surface area contributed by atoms with Crippen LogP contribution in [0.25, 0.3) is 0 Å². The Bertz CT molecular complexity index is 337. The summed E-state index contributed by atoms with van der Waals surface area (Å²) in [5.41, 5.74) is 1.70. The number of hydrogen-bond acceptors (Lipinski definition) is 1. The minimum Gasteiger partial charge on any atom is -0.494 e. The number of rotatable bonds is 9. The summed E-state index contributed by atoms with van der Waals surface area (Å²) < 4.78 is 5.71. The molecule has 0 unspecified atom stereocenters. The van der Waals surface area contributed by atoms with E-state index in [0.29, 0.717) is 0 Å². The number of unbranched alkanes of at least 4 members (excludes halogenated alkanes) is 3. The predicted octanol–water partition coefficient (Wildman–Crippen LogP) is 5.72. The average molecular weight is 262 g/mol. The molecular formula is C18H30O. The fourth-order valence-corrected chi connectivity index (χ4v) is 2.30. The standard InChI is InChI=1S/C18H30O/c1-5-7-9-14-18(3,4)16-10-12-17(13-11-16)19-15-8-6-2/h10-13H,5-9,14-15H2,1-4H3. The highest BCUT2D eigenvalue weighted by molar-refractivity contribution is 5.31. The van der Waals surface area contributed by atoms with Gasteiger partial charge >= 0.3 is 0 Å². The Morgan fingerprint density at radius 1 is 0.895 bits per heavy atom. The van der Waals surface area contributed by atoms with Gasteiger partial charge in [-0.25, -0.2) is 0 Å². The van der Waals surface area contributed by atoms with Crippen molar-refractivity contribution >= 4 is 0 Å². The topological polar surface area (TPSA) is 9.23 Å².